The van der Waals surface area contributed by atoms with Gasteiger partial charge in [0.25, 0.3) is 5.69 Å². The predicted octanol–water partition coefficient (Wildman–Crippen LogP) is 1.21. The van der Waals surface area contributed by atoms with Gasteiger partial charge >= 0.3 is 0 Å². The predicted molar refractivity (Wildman–Crippen MR) is 78.2 cm³/mol. The molecule has 0 heterocycles. The maximum Gasteiger partial charge on any atom is 0.293 e. The number of sulfone groups is 1. The molecule has 0 bridgehead atoms. The van der Waals surface area contributed by atoms with Crippen molar-refractivity contribution in [2.24, 2.45) is 5.92 Å². The van der Waals surface area contributed by atoms with Crippen molar-refractivity contribution in [3.05, 3.63) is 28.3 Å². The maximum atomic E-state index is 11.5. The molecule has 1 aliphatic rings. The Bertz CT molecular complexity index is 653. The lowest BCUT2D eigenvalue weighted by Gasteiger charge is -2.35. The summed E-state index contributed by atoms with van der Waals surface area (Å²) < 4.78 is 23.0. The zero-order valence-corrected chi connectivity index (χ0v) is 12.7. The number of aliphatic hydroxyl groups excluding tert-OH is 1. The van der Waals surface area contributed by atoms with Gasteiger partial charge in [0.1, 0.15) is 5.69 Å². The lowest BCUT2D eigenvalue weighted by Crippen LogP contribution is -2.37. The summed E-state index contributed by atoms with van der Waals surface area (Å²) in [4.78, 5) is 12.3. The Kier molecular flexibility index (Phi) is 4.20. The SMILES string of the molecule is CN(CC1CC(O)C1)c1ccc(S(C)(=O)=O)cc1[N+](=O)[O-]. The van der Waals surface area contributed by atoms with E-state index in [1.807, 2.05) is 0 Å². The number of nitro groups is 1. The van der Waals surface area contributed by atoms with E-state index in [-0.39, 0.29) is 16.7 Å². The minimum atomic E-state index is -3.48. The molecule has 21 heavy (non-hydrogen) atoms. The van der Waals surface area contributed by atoms with Crippen LogP contribution in [-0.4, -0.2) is 44.4 Å². The van der Waals surface area contributed by atoms with Crippen molar-refractivity contribution in [1.29, 1.82) is 0 Å². The van der Waals surface area contributed by atoms with Crippen LogP contribution in [0, 0.1) is 16.0 Å². The third-order valence-corrected chi connectivity index (χ3v) is 4.84. The van der Waals surface area contributed by atoms with Crippen LogP contribution in [0.2, 0.25) is 0 Å². The number of benzene rings is 1. The lowest BCUT2D eigenvalue weighted by atomic mass is 9.82. The summed E-state index contributed by atoms with van der Waals surface area (Å²) in [7, 11) is -1.75. The van der Waals surface area contributed by atoms with E-state index in [4.69, 9.17) is 0 Å². The fourth-order valence-electron chi connectivity index (χ4n) is 2.54. The van der Waals surface area contributed by atoms with Crippen molar-refractivity contribution in [1.82, 2.24) is 0 Å². The fourth-order valence-corrected chi connectivity index (χ4v) is 3.18. The number of rotatable bonds is 5. The third kappa shape index (κ3) is 3.51. The first kappa shape index (κ1) is 15.7. The summed E-state index contributed by atoms with van der Waals surface area (Å²) in [6.07, 6.45) is 2.13. The Labute approximate surface area is 123 Å². The van der Waals surface area contributed by atoms with E-state index in [1.165, 1.54) is 12.1 Å². The monoisotopic (exact) mass is 314 g/mol. The van der Waals surface area contributed by atoms with Crippen LogP contribution in [-0.2, 0) is 9.84 Å². The second-order valence-electron chi connectivity index (χ2n) is 5.55. The highest BCUT2D eigenvalue weighted by molar-refractivity contribution is 7.90. The molecule has 0 aromatic heterocycles. The molecule has 1 saturated carbocycles. The topological polar surface area (TPSA) is 101 Å². The van der Waals surface area contributed by atoms with E-state index < -0.39 is 14.8 Å². The molecule has 7 nitrogen and oxygen atoms in total. The molecular weight excluding hydrogens is 296 g/mol. The molecule has 0 unspecified atom stereocenters. The molecule has 0 saturated heterocycles. The van der Waals surface area contributed by atoms with Crippen molar-refractivity contribution in [2.75, 3.05) is 24.7 Å². The maximum absolute atomic E-state index is 11.5. The van der Waals surface area contributed by atoms with Gasteiger partial charge in [-0.05, 0) is 30.9 Å². The van der Waals surface area contributed by atoms with Gasteiger partial charge in [0, 0.05) is 25.9 Å². The zero-order chi connectivity index (χ0) is 15.8. The molecule has 1 fully saturated rings. The molecule has 1 aliphatic carbocycles. The van der Waals surface area contributed by atoms with Crippen LogP contribution in [0.15, 0.2) is 23.1 Å². The van der Waals surface area contributed by atoms with Gasteiger partial charge in [0.15, 0.2) is 9.84 Å². The Balaban J connectivity index is 2.28. The van der Waals surface area contributed by atoms with Gasteiger partial charge in [-0.1, -0.05) is 0 Å². The highest BCUT2D eigenvalue weighted by Crippen LogP contribution is 2.33. The molecule has 8 heteroatoms. The second-order valence-corrected chi connectivity index (χ2v) is 7.57. The van der Waals surface area contributed by atoms with Crippen LogP contribution >= 0.6 is 0 Å². The lowest BCUT2D eigenvalue weighted by molar-refractivity contribution is -0.384. The molecule has 2 rings (SSSR count). The van der Waals surface area contributed by atoms with Gasteiger partial charge in [0.05, 0.1) is 15.9 Å². The van der Waals surface area contributed by atoms with Gasteiger partial charge in [-0.15, -0.1) is 0 Å². The van der Waals surface area contributed by atoms with E-state index in [2.05, 4.69) is 0 Å². The first-order chi connectivity index (χ1) is 9.68. The van der Waals surface area contributed by atoms with Gasteiger partial charge < -0.3 is 10.0 Å². The van der Waals surface area contributed by atoms with Gasteiger partial charge in [-0.2, -0.15) is 0 Å². The minimum absolute atomic E-state index is 0.0644. The van der Waals surface area contributed by atoms with E-state index in [1.54, 1.807) is 11.9 Å². The molecule has 0 spiro atoms. The smallest absolute Gasteiger partial charge is 0.293 e. The van der Waals surface area contributed by atoms with Crippen LogP contribution in [0.25, 0.3) is 0 Å². The van der Waals surface area contributed by atoms with E-state index in [9.17, 15) is 23.6 Å². The van der Waals surface area contributed by atoms with Crippen molar-refractivity contribution in [3.63, 3.8) is 0 Å². The number of anilines is 1. The van der Waals surface area contributed by atoms with Gasteiger partial charge in [0.2, 0.25) is 0 Å². The standard InChI is InChI=1S/C13H18N2O5S/c1-14(8-9-5-10(16)6-9)12-4-3-11(21(2,19)20)7-13(12)15(17)18/h3-4,7,9-10,16H,5-6,8H2,1-2H3. The van der Waals surface area contributed by atoms with E-state index in [0.29, 0.717) is 31.0 Å². The molecule has 0 atom stereocenters. The molecule has 0 aliphatic heterocycles. The van der Waals surface area contributed by atoms with Crippen LogP contribution in [0.5, 0.6) is 0 Å². The molecular formula is C13H18N2O5S. The van der Waals surface area contributed by atoms with Crippen molar-refractivity contribution >= 4 is 21.2 Å². The first-order valence-electron chi connectivity index (χ1n) is 6.56. The van der Waals surface area contributed by atoms with Crippen molar-refractivity contribution < 1.29 is 18.4 Å². The van der Waals surface area contributed by atoms with E-state index >= 15 is 0 Å². The van der Waals surface area contributed by atoms with Crippen molar-refractivity contribution in [2.45, 2.75) is 23.8 Å². The van der Waals surface area contributed by atoms with Crippen molar-refractivity contribution in [3.8, 4) is 0 Å². The highest BCUT2D eigenvalue weighted by Gasteiger charge is 2.29. The fraction of sp³-hybridized carbons (Fsp3) is 0.538. The van der Waals surface area contributed by atoms with Crippen LogP contribution in [0.1, 0.15) is 12.8 Å². The Hall–Kier alpha value is -1.67. The van der Waals surface area contributed by atoms with E-state index in [0.717, 1.165) is 12.3 Å². The van der Waals surface area contributed by atoms with Gasteiger partial charge in [-0.25, -0.2) is 8.42 Å². The summed E-state index contributed by atoms with van der Waals surface area (Å²) in [5.41, 5.74) is 0.161. The summed E-state index contributed by atoms with van der Waals surface area (Å²) in [6, 6.07) is 3.93. The van der Waals surface area contributed by atoms with Gasteiger partial charge in [-0.3, -0.25) is 10.1 Å². The molecule has 1 N–H and O–H groups in total. The molecule has 1 aromatic carbocycles. The number of nitrogens with zero attached hydrogens (tertiary/aromatic N) is 2. The normalized spacial score (nSPS) is 21.7. The summed E-state index contributed by atoms with van der Waals surface area (Å²) in [6.45, 7) is 0.593. The van der Waals surface area contributed by atoms with Crippen LogP contribution in [0.3, 0.4) is 0 Å². The largest absolute Gasteiger partial charge is 0.393 e. The number of hydrogen-bond donors (Lipinski definition) is 1. The Morgan fingerprint density at radius 2 is 2.05 bits per heavy atom. The number of hydrogen-bond acceptors (Lipinski definition) is 6. The minimum Gasteiger partial charge on any atom is -0.393 e. The number of nitro benzene ring substituents is 1. The quantitative estimate of drug-likeness (QED) is 0.647. The summed E-state index contributed by atoms with van der Waals surface area (Å²) in [5, 5.41) is 20.4. The zero-order valence-electron chi connectivity index (χ0n) is 11.9. The first-order valence-corrected chi connectivity index (χ1v) is 8.45. The average Bonchev–Trinajstić information content (AvgIpc) is 2.34. The highest BCUT2D eigenvalue weighted by atomic mass is 32.2. The molecule has 1 aromatic rings. The second kappa shape index (κ2) is 5.61. The summed E-state index contributed by atoms with van der Waals surface area (Å²) >= 11 is 0. The molecule has 0 amide bonds. The van der Waals surface area contributed by atoms with Crippen LogP contribution < -0.4 is 4.90 Å². The third-order valence-electron chi connectivity index (χ3n) is 3.73. The summed E-state index contributed by atoms with van der Waals surface area (Å²) in [5.74, 6) is 0.305. The average molecular weight is 314 g/mol. The Morgan fingerprint density at radius 1 is 1.43 bits per heavy atom. The Morgan fingerprint density at radius 3 is 2.52 bits per heavy atom. The van der Waals surface area contributed by atoms with Crippen LogP contribution in [0.4, 0.5) is 11.4 Å². The molecule has 116 valence electrons. The molecule has 0 radical (unpaired) electrons. The number of aliphatic hydroxyl groups is 1.